The third-order valence-electron chi connectivity index (χ3n) is 5.52. The summed E-state index contributed by atoms with van der Waals surface area (Å²) in [6, 6.07) is 0.700. The van der Waals surface area contributed by atoms with Crippen LogP contribution in [-0.4, -0.2) is 41.1 Å². The van der Waals surface area contributed by atoms with Crippen molar-refractivity contribution >= 4 is 21.6 Å². The van der Waals surface area contributed by atoms with E-state index in [-0.39, 0.29) is 0 Å². The Morgan fingerprint density at radius 1 is 1.13 bits per heavy atom. The van der Waals surface area contributed by atoms with Crippen molar-refractivity contribution in [2.45, 2.75) is 63.5 Å². The van der Waals surface area contributed by atoms with Gasteiger partial charge >= 0.3 is 0 Å². The smallest absolute Gasteiger partial charge is 0.225 e. The number of aromatic nitrogens is 2. The number of fused-ring (bicyclic) bond motifs is 3. The van der Waals surface area contributed by atoms with Crippen molar-refractivity contribution in [1.82, 2.24) is 14.9 Å². The fourth-order valence-electron chi connectivity index (χ4n) is 4.10. The number of hydrogen-bond acceptors (Lipinski definition) is 5. The molecule has 2 aromatic heterocycles. The Balaban J connectivity index is 1.58. The van der Waals surface area contributed by atoms with Gasteiger partial charge in [-0.1, -0.05) is 6.92 Å². The molecule has 0 N–H and O–H groups in total. The molecule has 0 saturated heterocycles. The second-order valence-electron chi connectivity index (χ2n) is 7.25. The zero-order valence-corrected chi connectivity index (χ0v) is 15.0. The molecular formula is C18H25N3OS. The van der Waals surface area contributed by atoms with E-state index in [1.165, 1.54) is 41.5 Å². The first-order valence-electron chi connectivity index (χ1n) is 8.73. The Kier molecular flexibility index (Phi) is 4.01. The van der Waals surface area contributed by atoms with Crippen LogP contribution in [0.15, 0.2) is 6.33 Å². The van der Waals surface area contributed by atoms with Gasteiger partial charge < -0.3 is 9.64 Å². The fourth-order valence-corrected chi connectivity index (χ4v) is 5.36. The molecule has 1 atom stereocenters. The molecule has 1 saturated carbocycles. The van der Waals surface area contributed by atoms with Crippen molar-refractivity contribution in [3.05, 3.63) is 16.8 Å². The van der Waals surface area contributed by atoms with Crippen LogP contribution < -0.4 is 4.74 Å². The van der Waals surface area contributed by atoms with Crippen LogP contribution in [0, 0.1) is 0 Å². The molecular weight excluding hydrogens is 306 g/mol. The van der Waals surface area contributed by atoms with E-state index in [1.807, 2.05) is 11.3 Å². The Hall–Kier alpha value is -1.20. The van der Waals surface area contributed by atoms with Crippen LogP contribution in [0.1, 0.15) is 55.4 Å². The van der Waals surface area contributed by atoms with Gasteiger partial charge in [0.1, 0.15) is 17.3 Å². The van der Waals surface area contributed by atoms with Crippen LogP contribution in [-0.2, 0) is 6.42 Å². The molecule has 0 aliphatic heterocycles. The second-order valence-corrected chi connectivity index (χ2v) is 8.33. The molecule has 0 unspecified atom stereocenters. The Morgan fingerprint density at radius 2 is 1.91 bits per heavy atom. The van der Waals surface area contributed by atoms with Crippen molar-refractivity contribution in [1.29, 1.82) is 0 Å². The summed E-state index contributed by atoms with van der Waals surface area (Å²) in [6.45, 7) is 2.32. The highest BCUT2D eigenvalue weighted by Gasteiger charge is 2.29. The van der Waals surface area contributed by atoms with Crippen molar-refractivity contribution in [3.63, 3.8) is 0 Å². The molecule has 2 aromatic rings. The molecule has 4 rings (SSSR count). The second kappa shape index (κ2) is 6.02. The van der Waals surface area contributed by atoms with Gasteiger partial charge in [0.15, 0.2) is 0 Å². The van der Waals surface area contributed by atoms with Gasteiger partial charge in [-0.2, -0.15) is 0 Å². The molecule has 0 bridgehead atoms. The Labute approximate surface area is 141 Å². The monoisotopic (exact) mass is 331 g/mol. The number of nitrogens with zero attached hydrogens (tertiary/aromatic N) is 3. The number of hydrogen-bond donors (Lipinski definition) is 0. The fraction of sp³-hybridized carbons (Fsp3) is 0.667. The quantitative estimate of drug-likeness (QED) is 0.852. The third-order valence-corrected chi connectivity index (χ3v) is 6.69. The van der Waals surface area contributed by atoms with Crippen LogP contribution in [0.2, 0.25) is 0 Å². The van der Waals surface area contributed by atoms with Gasteiger partial charge in [-0.3, -0.25) is 0 Å². The lowest BCUT2D eigenvalue weighted by molar-refractivity contribution is 0.108. The summed E-state index contributed by atoms with van der Waals surface area (Å²) in [6.07, 6.45) is 9.07. The molecule has 2 aliphatic rings. The SMILES string of the molecule is C[C@H]1CCc2sc3ncnc(O[C@H]4CC[C@H](N(C)C)CC4)c3c21. The van der Waals surface area contributed by atoms with Gasteiger partial charge in [-0.15, -0.1) is 11.3 Å². The maximum absolute atomic E-state index is 6.37. The van der Waals surface area contributed by atoms with E-state index in [0.717, 1.165) is 23.6 Å². The van der Waals surface area contributed by atoms with E-state index in [1.54, 1.807) is 6.33 Å². The molecule has 2 aliphatic carbocycles. The summed E-state index contributed by atoms with van der Waals surface area (Å²) in [5.74, 6) is 1.44. The van der Waals surface area contributed by atoms with E-state index >= 15 is 0 Å². The minimum absolute atomic E-state index is 0.302. The maximum Gasteiger partial charge on any atom is 0.225 e. The molecule has 0 spiro atoms. The minimum Gasteiger partial charge on any atom is -0.474 e. The first kappa shape index (κ1) is 15.3. The lowest BCUT2D eigenvalue weighted by Crippen LogP contribution is -2.35. The minimum atomic E-state index is 0.302. The average Bonchev–Trinajstić information content (AvgIpc) is 3.08. The highest BCUT2D eigenvalue weighted by atomic mass is 32.1. The van der Waals surface area contributed by atoms with E-state index in [2.05, 4.69) is 35.9 Å². The summed E-state index contributed by atoms with van der Waals surface area (Å²) < 4.78 is 6.37. The summed E-state index contributed by atoms with van der Waals surface area (Å²) in [5, 5.41) is 1.20. The zero-order valence-electron chi connectivity index (χ0n) is 14.2. The van der Waals surface area contributed by atoms with E-state index < -0.39 is 0 Å². The first-order valence-corrected chi connectivity index (χ1v) is 9.54. The predicted octanol–water partition coefficient (Wildman–Crippen LogP) is 3.99. The van der Waals surface area contributed by atoms with Crippen LogP contribution in [0.5, 0.6) is 5.88 Å². The molecule has 5 heteroatoms. The van der Waals surface area contributed by atoms with Crippen molar-refractivity contribution in [2.24, 2.45) is 0 Å². The van der Waals surface area contributed by atoms with Gasteiger partial charge in [0.2, 0.25) is 5.88 Å². The van der Waals surface area contributed by atoms with Gasteiger partial charge in [0.05, 0.1) is 5.39 Å². The topological polar surface area (TPSA) is 38.3 Å². The lowest BCUT2D eigenvalue weighted by Gasteiger charge is -2.32. The number of thiophene rings is 1. The number of aryl methyl sites for hydroxylation is 1. The highest BCUT2D eigenvalue weighted by Crippen LogP contribution is 2.45. The van der Waals surface area contributed by atoms with Gasteiger partial charge in [-0.25, -0.2) is 9.97 Å². The molecule has 23 heavy (non-hydrogen) atoms. The third kappa shape index (κ3) is 2.74. The standard InChI is InChI=1S/C18H25N3OS/c1-11-4-9-14-15(11)16-17(19-10-20-18(16)23-14)22-13-7-5-12(6-8-13)21(2)3/h10-13H,4-9H2,1-3H3/t11-,12-,13-/m0/s1. The van der Waals surface area contributed by atoms with E-state index in [0.29, 0.717) is 18.1 Å². The van der Waals surface area contributed by atoms with Gasteiger partial charge in [0.25, 0.3) is 0 Å². The number of ether oxygens (including phenoxy) is 1. The molecule has 124 valence electrons. The van der Waals surface area contributed by atoms with Crippen molar-refractivity contribution < 1.29 is 4.74 Å². The number of rotatable bonds is 3. The summed E-state index contributed by atoms with van der Waals surface area (Å²) in [4.78, 5) is 13.9. The predicted molar refractivity (Wildman–Crippen MR) is 94.5 cm³/mol. The average molecular weight is 331 g/mol. The van der Waals surface area contributed by atoms with Gasteiger partial charge in [0, 0.05) is 10.9 Å². The van der Waals surface area contributed by atoms with Gasteiger partial charge in [-0.05, 0) is 64.1 Å². The Bertz CT molecular complexity index is 704. The largest absolute Gasteiger partial charge is 0.474 e. The molecule has 2 heterocycles. The van der Waals surface area contributed by atoms with E-state index in [9.17, 15) is 0 Å². The Morgan fingerprint density at radius 3 is 2.65 bits per heavy atom. The van der Waals surface area contributed by atoms with Crippen molar-refractivity contribution in [2.75, 3.05) is 14.1 Å². The van der Waals surface area contributed by atoms with Crippen molar-refractivity contribution in [3.8, 4) is 5.88 Å². The highest BCUT2D eigenvalue weighted by molar-refractivity contribution is 7.19. The van der Waals surface area contributed by atoms with Crippen LogP contribution in [0.25, 0.3) is 10.2 Å². The summed E-state index contributed by atoms with van der Waals surface area (Å²) >= 11 is 1.83. The van der Waals surface area contributed by atoms with Crippen LogP contribution in [0.4, 0.5) is 0 Å². The summed E-state index contributed by atoms with van der Waals surface area (Å²) in [7, 11) is 4.35. The normalized spacial score (nSPS) is 27.6. The molecule has 0 radical (unpaired) electrons. The lowest BCUT2D eigenvalue weighted by atomic mass is 9.92. The van der Waals surface area contributed by atoms with Crippen LogP contribution in [0.3, 0.4) is 0 Å². The summed E-state index contributed by atoms with van der Waals surface area (Å²) in [5.41, 5.74) is 1.46. The molecule has 0 aromatic carbocycles. The molecule has 4 nitrogen and oxygen atoms in total. The first-order chi connectivity index (χ1) is 11.1. The van der Waals surface area contributed by atoms with Crippen LogP contribution >= 0.6 is 11.3 Å². The zero-order chi connectivity index (χ0) is 16.0. The molecule has 0 amide bonds. The maximum atomic E-state index is 6.37. The molecule has 1 fully saturated rings. The van der Waals surface area contributed by atoms with E-state index in [4.69, 9.17) is 4.74 Å².